The van der Waals surface area contributed by atoms with Gasteiger partial charge >= 0.3 is 0 Å². The van der Waals surface area contributed by atoms with Gasteiger partial charge in [-0.05, 0) is 171 Å². The van der Waals surface area contributed by atoms with Crippen molar-refractivity contribution >= 4 is 98.4 Å². The van der Waals surface area contributed by atoms with Gasteiger partial charge in [-0.1, -0.05) is 191 Å². The summed E-state index contributed by atoms with van der Waals surface area (Å²) >= 11 is 0. The molecule has 0 bridgehead atoms. The molecule has 20 rings (SSSR count). The third kappa shape index (κ3) is 8.09. The van der Waals surface area contributed by atoms with E-state index in [-0.39, 0.29) is 5.41 Å². The fourth-order valence-electron chi connectivity index (χ4n) is 15.6. The Bertz CT molecular complexity index is 6390. The number of ether oxygens (including phenoxy) is 1. The Morgan fingerprint density at radius 2 is 0.938 bits per heavy atom. The van der Waals surface area contributed by atoms with E-state index in [0.29, 0.717) is 11.5 Å². The van der Waals surface area contributed by atoms with E-state index in [2.05, 4.69) is 335 Å². The summed E-state index contributed by atoms with van der Waals surface area (Å²) in [5.74, 6) is 2.26. The molecule has 0 N–H and O–H groups in total. The Balaban J connectivity index is 0.865. The Morgan fingerprint density at radius 1 is 0.365 bits per heavy atom. The van der Waals surface area contributed by atoms with Gasteiger partial charge in [-0.25, -0.2) is 4.98 Å². The smallest absolute Gasteiger partial charge is 0.269 e. The van der Waals surface area contributed by atoms with Crippen molar-refractivity contribution in [1.82, 2.24) is 23.3 Å². The van der Waals surface area contributed by atoms with Crippen LogP contribution >= 0.6 is 0 Å². The van der Waals surface area contributed by atoms with E-state index in [0.717, 1.165) is 150 Å². The summed E-state index contributed by atoms with van der Waals surface area (Å²) in [6, 6.07) is 106. The molecule has 0 amide bonds. The lowest BCUT2D eigenvalue weighted by Crippen LogP contribution is -2.32. The average molecular weight is 1230 g/mol. The normalized spacial score (nSPS) is 12.3. The molecule has 0 unspecified atom stereocenters. The summed E-state index contributed by atoms with van der Waals surface area (Å²) in [5, 5.41) is 9.22. The lowest BCUT2D eigenvalue weighted by molar-refractivity contribution is -0.571. The third-order valence-electron chi connectivity index (χ3n) is 20.0. The zero-order chi connectivity index (χ0) is 63.5. The average Bonchev–Trinajstić information content (AvgIpc) is 1.54. The van der Waals surface area contributed by atoms with Crippen molar-refractivity contribution < 1.29 is 13.7 Å². The fraction of sp³-hybridized carbons (Fsp3) is 0.0455. The van der Waals surface area contributed by atoms with Crippen LogP contribution in [0.3, 0.4) is 0 Å². The molecular formula is C88H58N6O2. The monoisotopic (exact) mass is 1230 g/mol. The van der Waals surface area contributed by atoms with Crippen molar-refractivity contribution in [2.24, 2.45) is 0 Å². The number of fused-ring (bicyclic) bond motifs is 19. The zero-order valence-corrected chi connectivity index (χ0v) is 52.8. The Labute approximate surface area is 552 Å². The van der Waals surface area contributed by atoms with Crippen LogP contribution in [-0.4, -0.2) is 23.3 Å². The minimum absolute atomic E-state index is 0.0623. The van der Waals surface area contributed by atoms with Crippen LogP contribution in [0.5, 0.6) is 11.5 Å². The molecule has 0 fully saturated rings. The predicted molar refractivity (Wildman–Crippen MR) is 392 cm³/mol. The van der Waals surface area contributed by atoms with Gasteiger partial charge in [0.1, 0.15) is 28.5 Å². The molecule has 96 heavy (non-hydrogen) atoms. The first kappa shape index (κ1) is 54.1. The lowest BCUT2D eigenvalue weighted by Gasteiger charge is -2.21. The molecule has 7 heterocycles. The van der Waals surface area contributed by atoms with Gasteiger partial charge in [0.25, 0.3) is 6.33 Å². The summed E-state index contributed by atoms with van der Waals surface area (Å²) in [6.07, 6.45) is 6.11. The van der Waals surface area contributed by atoms with E-state index in [1.807, 2.05) is 12.3 Å². The van der Waals surface area contributed by atoms with Crippen LogP contribution in [0.25, 0.3) is 171 Å². The van der Waals surface area contributed by atoms with E-state index in [4.69, 9.17) is 14.1 Å². The van der Waals surface area contributed by atoms with Gasteiger partial charge in [0.05, 0.1) is 61.2 Å². The van der Waals surface area contributed by atoms with Crippen LogP contribution < -0.4 is 9.30 Å². The maximum Gasteiger partial charge on any atom is 0.269 e. The highest BCUT2D eigenvalue weighted by atomic mass is 16.5. The van der Waals surface area contributed by atoms with Crippen molar-refractivity contribution in [2.45, 2.75) is 26.2 Å². The van der Waals surface area contributed by atoms with E-state index in [1.165, 1.54) is 27.1 Å². The van der Waals surface area contributed by atoms with Gasteiger partial charge in [-0.15, -0.1) is 0 Å². The molecule has 6 aromatic heterocycles. The molecule has 1 aliphatic heterocycles. The van der Waals surface area contributed by atoms with Crippen LogP contribution in [0.1, 0.15) is 26.3 Å². The quantitative estimate of drug-likeness (QED) is 0.118. The minimum atomic E-state index is -0.0623. The number of benzene rings is 13. The first-order valence-corrected chi connectivity index (χ1v) is 32.8. The number of aromatic nitrogens is 6. The fourth-order valence-corrected chi connectivity index (χ4v) is 15.6. The van der Waals surface area contributed by atoms with Crippen LogP contribution in [0.4, 0.5) is 0 Å². The summed E-state index contributed by atoms with van der Waals surface area (Å²) in [4.78, 5) is 4.99. The number of para-hydroxylation sites is 7. The molecule has 0 spiro atoms. The second-order valence-electron chi connectivity index (χ2n) is 26.4. The molecule has 19 aromatic rings. The minimum Gasteiger partial charge on any atom is -0.458 e. The second-order valence-corrected chi connectivity index (χ2v) is 26.4. The van der Waals surface area contributed by atoms with Gasteiger partial charge in [-0.2, -0.15) is 0 Å². The van der Waals surface area contributed by atoms with Gasteiger partial charge in [0.15, 0.2) is 0 Å². The molecule has 0 saturated heterocycles. The maximum absolute atomic E-state index is 7.12. The number of nitrogens with zero attached hydrogens (tertiary/aromatic N) is 6. The standard InChI is InChI=1S/C88H58N6O2/c1-88(2,3)56-44-45-89-85(49-56)94-79-35-16-10-28-68(79)69-42-40-60(52-81(69)94)95-59-21-18-20-57(50-59)90-53-91-86-71(30-19-36-80(86)93-77-33-14-8-26-66(77)67-27-9-15-34-78(67)93)72-51-58(92-75-31-12-6-24-64(75)65-25-7-13-32-76(65)92)39-41-63(72)61-22-4-5-23-62(61)74-47-55(48-82(90)87(74)91)54-38-43-84-73(46-54)70-29-11-17-37-83(70)96-84/h4-52H,1-3H3. The van der Waals surface area contributed by atoms with Crippen LogP contribution in [0, 0.1) is 6.33 Å². The predicted octanol–water partition coefficient (Wildman–Crippen LogP) is 22.4. The largest absolute Gasteiger partial charge is 0.458 e. The molecule has 8 heteroatoms. The topological polar surface area (TPSA) is 58.9 Å². The van der Waals surface area contributed by atoms with Crippen molar-refractivity contribution in [3.63, 3.8) is 0 Å². The van der Waals surface area contributed by atoms with Crippen molar-refractivity contribution in [2.75, 3.05) is 0 Å². The third-order valence-corrected chi connectivity index (χ3v) is 20.0. The van der Waals surface area contributed by atoms with Crippen LogP contribution in [0.15, 0.2) is 302 Å². The number of rotatable bonds is 7. The molecule has 0 atom stereocenters. The van der Waals surface area contributed by atoms with Crippen molar-refractivity contribution in [1.29, 1.82) is 0 Å². The van der Waals surface area contributed by atoms with Gasteiger partial charge in [0, 0.05) is 61.0 Å². The van der Waals surface area contributed by atoms with Gasteiger partial charge in [-0.3, -0.25) is 13.7 Å². The molecule has 0 saturated carbocycles. The Hall–Kier alpha value is -12.5. The van der Waals surface area contributed by atoms with E-state index in [1.54, 1.807) is 0 Å². The van der Waals surface area contributed by atoms with Gasteiger partial charge < -0.3 is 18.3 Å². The van der Waals surface area contributed by atoms with Crippen molar-refractivity contribution in [3.8, 4) is 84.6 Å². The van der Waals surface area contributed by atoms with E-state index in [9.17, 15) is 0 Å². The number of hydrogen-bond donors (Lipinski definition) is 0. The molecule has 452 valence electrons. The highest BCUT2D eigenvalue weighted by Crippen LogP contribution is 2.49. The lowest BCUT2D eigenvalue weighted by atomic mass is 9.88. The Morgan fingerprint density at radius 3 is 1.64 bits per heavy atom. The van der Waals surface area contributed by atoms with E-state index < -0.39 is 0 Å². The van der Waals surface area contributed by atoms with Crippen LogP contribution in [-0.2, 0) is 5.41 Å². The highest BCUT2D eigenvalue weighted by Gasteiger charge is 2.30. The second kappa shape index (κ2) is 20.5. The van der Waals surface area contributed by atoms with Crippen molar-refractivity contribution in [3.05, 3.63) is 309 Å². The number of furan rings is 1. The highest BCUT2D eigenvalue weighted by molar-refractivity contribution is 6.13. The van der Waals surface area contributed by atoms with E-state index >= 15 is 0 Å². The zero-order valence-electron chi connectivity index (χ0n) is 52.8. The number of hydrogen-bond acceptors (Lipinski definition) is 3. The molecular weight excluding hydrogens is 1170 g/mol. The summed E-state index contributed by atoms with van der Waals surface area (Å²) < 4.78 is 25.4. The molecule has 8 nitrogen and oxygen atoms in total. The van der Waals surface area contributed by atoms with Gasteiger partial charge in [0.2, 0.25) is 0 Å². The molecule has 0 radical (unpaired) electrons. The maximum atomic E-state index is 7.12. The summed E-state index contributed by atoms with van der Waals surface area (Å²) in [6.45, 7) is 6.74. The SMILES string of the molecule is CC(C)(C)c1ccnc(-n2c3ccccc3c3ccc(Oc4cccc(-n5[c-][n+]6c7c(cc(-c8ccc9oc%10ccccc%10c9c8)cc75)-c5ccccc5-c5ccc(-n7c8ccccc8c8ccccc87)cc5-c5cccc(-n7c8ccccc8c8ccccc87)c5-6)c4)cc32)c1. The summed E-state index contributed by atoms with van der Waals surface area (Å²) in [7, 11) is 0. The molecule has 13 aromatic carbocycles. The summed E-state index contributed by atoms with van der Waals surface area (Å²) in [5.41, 5.74) is 24.1. The molecule has 0 aliphatic carbocycles. The first-order chi connectivity index (χ1) is 47.2. The Kier molecular flexibility index (Phi) is 11.5. The first-order valence-electron chi connectivity index (χ1n) is 32.8. The van der Waals surface area contributed by atoms with Crippen LogP contribution in [0.2, 0.25) is 0 Å². The molecule has 1 aliphatic rings. The number of imidazole rings is 1. The number of pyridine rings is 1.